The topological polar surface area (TPSA) is 46.5 Å². The molecule has 0 amide bonds. The lowest BCUT2D eigenvalue weighted by molar-refractivity contribution is 0.144. The Balaban J connectivity index is 2.61. The van der Waals surface area contributed by atoms with Crippen LogP contribution >= 0.6 is 0 Å². The molecule has 0 aliphatic heterocycles. The van der Waals surface area contributed by atoms with Gasteiger partial charge in [0.2, 0.25) is 0 Å². The Hall–Kier alpha value is -2.29. The third-order valence-electron chi connectivity index (χ3n) is 5.25. The molecule has 0 saturated heterocycles. The van der Waals surface area contributed by atoms with E-state index < -0.39 is 6.16 Å². The lowest BCUT2D eigenvalue weighted by atomic mass is 9.86. The maximum Gasteiger partial charge on any atom is 0.511 e. The zero-order chi connectivity index (χ0) is 20.4. The molecular weight excluding hydrogens is 348 g/mol. The molecular formula is C25H34O3. The highest BCUT2D eigenvalue weighted by Crippen LogP contribution is 2.36. The van der Waals surface area contributed by atoms with E-state index in [9.17, 15) is 9.90 Å². The van der Waals surface area contributed by atoms with Gasteiger partial charge in [0.15, 0.2) is 0 Å². The summed E-state index contributed by atoms with van der Waals surface area (Å²) in [6.07, 6.45) is 8.25. The third kappa shape index (κ3) is 5.85. The Morgan fingerprint density at radius 3 is 2.04 bits per heavy atom. The molecule has 0 aromatic heterocycles. The lowest BCUT2D eigenvalue weighted by Gasteiger charge is -2.20. The normalized spacial score (nSPS) is 10.8. The first-order valence-electron chi connectivity index (χ1n) is 10.8. The molecule has 0 aliphatic rings. The largest absolute Gasteiger partial charge is 0.511 e. The summed E-state index contributed by atoms with van der Waals surface area (Å²) < 4.78 is 5.17. The maximum absolute atomic E-state index is 11.2. The van der Waals surface area contributed by atoms with Gasteiger partial charge in [0.05, 0.1) is 0 Å². The number of ether oxygens (including phenoxy) is 1. The average molecular weight is 383 g/mol. The predicted molar refractivity (Wildman–Crippen MR) is 116 cm³/mol. The van der Waals surface area contributed by atoms with E-state index in [-0.39, 0.29) is 0 Å². The molecule has 0 heterocycles. The Kier molecular flexibility index (Phi) is 9.06. The van der Waals surface area contributed by atoms with Crippen LogP contribution in [0.3, 0.4) is 0 Å². The van der Waals surface area contributed by atoms with E-state index in [1.54, 1.807) is 0 Å². The van der Waals surface area contributed by atoms with Crippen LogP contribution in [0.2, 0.25) is 0 Å². The second kappa shape index (κ2) is 11.5. The number of unbranched alkanes of at least 4 members (excludes halogenated alkanes) is 3. The molecule has 1 N–H and O–H groups in total. The van der Waals surface area contributed by atoms with Crippen molar-refractivity contribution in [3.63, 3.8) is 0 Å². The first kappa shape index (κ1) is 22.0. The van der Waals surface area contributed by atoms with Gasteiger partial charge in [-0.2, -0.15) is 0 Å². The van der Waals surface area contributed by atoms with Crippen LogP contribution in [-0.2, 0) is 19.3 Å². The molecule has 2 rings (SSSR count). The van der Waals surface area contributed by atoms with E-state index in [2.05, 4.69) is 51.1 Å². The molecule has 0 radical (unpaired) electrons. The number of benzene rings is 2. The van der Waals surface area contributed by atoms with E-state index >= 15 is 0 Å². The molecule has 0 aliphatic carbocycles. The first-order valence-corrected chi connectivity index (χ1v) is 10.8. The molecule has 0 saturated carbocycles. The summed E-state index contributed by atoms with van der Waals surface area (Å²) in [5, 5.41) is 9.19. The fraction of sp³-hybridized carbons (Fsp3) is 0.480. The molecule has 0 unspecified atom stereocenters. The van der Waals surface area contributed by atoms with Crippen LogP contribution in [0.5, 0.6) is 5.75 Å². The summed E-state index contributed by atoms with van der Waals surface area (Å²) in [4.78, 5) is 11.2. The van der Waals surface area contributed by atoms with Gasteiger partial charge in [0.25, 0.3) is 0 Å². The van der Waals surface area contributed by atoms with Gasteiger partial charge in [-0.1, -0.05) is 70.4 Å². The van der Waals surface area contributed by atoms with Crippen LogP contribution < -0.4 is 4.74 Å². The zero-order valence-corrected chi connectivity index (χ0v) is 17.6. The van der Waals surface area contributed by atoms with E-state index in [4.69, 9.17) is 4.74 Å². The minimum atomic E-state index is -1.24. The van der Waals surface area contributed by atoms with Gasteiger partial charge in [0, 0.05) is 0 Å². The van der Waals surface area contributed by atoms with Crippen LogP contribution in [0, 0.1) is 0 Å². The third-order valence-corrected chi connectivity index (χ3v) is 5.25. The van der Waals surface area contributed by atoms with Gasteiger partial charge < -0.3 is 9.84 Å². The summed E-state index contributed by atoms with van der Waals surface area (Å²) in [7, 11) is 0. The molecule has 28 heavy (non-hydrogen) atoms. The van der Waals surface area contributed by atoms with Crippen molar-refractivity contribution in [3.8, 4) is 16.9 Å². The second-order valence-corrected chi connectivity index (χ2v) is 7.40. The molecule has 0 atom stereocenters. The van der Waals surface area contributed by atoms with Crippen molar-refractivity contribution in [1.29, 1.82) is 0 Å². The number of carboxylic acid groups (broad SMARTS) is 1. The van der Waals surface area contributed by atoms with Gasteiger partial charge in [-0.05, 0) is 72.4 Å². The molecule has 152 valence electrons. The van der Waals surface area contributed by atoms with Crippen molar-refractivity contribution < 1.29 is 14.6 Å². The number of rotatable bonds is 11. The maximum atomic E-state index is 11.2. The minimum absolute atomic E-state index is 0.502. The summed E-state index contributed by atoms with van der Waals surface area (Å²) in [6, 6.07) is 12.5. The smallest absolute Gasteiger partial charge is 0.449 e. The SMILES string of the molecule is CCCCc1ccccc1-c1ccc(OC(=O)O)c(CCCC)c1CCCC. The van der Waals surface area contributed by atoms with Gasteiger partial charge in [0.1, 0.15) is 5.75 Å². The van der Waals surface area contributed by atoms with E-state index in [1.165, 1.54) is 35.1 Å². The van der Waals surface area contributed by atoms with Gasteiger partial charge in [-0.15, -0.1) is 0 Å². The molecule has 2 aromatic carbocycles. The van der Waals surface area contributed by atoms with Crippen LogP contribution in [0.1, 0.15) is 76.0 Å². The van der Waals surface area contributed by atoms with Gasteiger partial charge in [-0.3, -0.25) is 0 Å². The summed E-state index contributed by atoms with van der Waals surface area (Å²) in [5.74, 6) is 0.502. The monoisotopic (exact) mass is 382 g/mol. The Morgan fingerprint density at radius 2 is 1.39 bits per heavy atom. The van der Waals surface area contributed by atoms with Gasteiger partial charge >= 0.3 is 6.16 Å². The zero-order valence-electron chi connectivity index (χ0n) is 17.6. The van der Waals surface area contributed by atoms with E-state index in [1.807, 2.05) is 6.07 Å². The fourth-order valence-electron chi connectivity index (χ4n) is 3.75. The molecule has 0 spiro atoms. The van der Waals surface area contributed by atoms with E-state index in [0.717, 1.165) is 50.5 Å². The van der Waals surface area contributed by atoms with Crippen molar-refractivity contribution in [1.82, 2.24) is 0 Å². The van der Waals surface area contributed by atoms with Crippen LogP contribution in [0.4, 0.5) is 4.79 Å². The van der Waals surface area contributed by atoms with Crippen molar-refractivity contribution in [2.75, 3.05) is 0 Å². The molecule has 2 aromatic rings. The van der Waals surface area contributed by atoms with Crippen molar-refractivity contribution in [3.05, 3.63) is 53.1 Å². The Morgan fingerprint density at radius 1 is 0.786 bits per heavy atom. The highest BCUT2D eigenvalue weighted by molar-refractivity contribution is 5.74. The standard InChI is InChI=1S/C25H34O3/c1-4-7-12-19-13-10-11-16-20(19)22-17-18-24(28-25(26)27)23(15-9-6-3)21(22)14-8-5-2/h10-11,13,16-18H,4-9,12,14-15H2,1-3H3,(H,26,27). The molecule has 0 bridgehead atoms. The first-order chi connectivity index (χ1) is 13.6. The highest BCUT2D eigenvalue weighted by Gasteiger charge is 2.18. The Labute approximate surface area is 169 Å². The predicted octanol–water partition coefficient (Wildman–Crippen LogP) is 7.44. The highest BCUT2D eigenvalue weighted by atomic mass is 16.7. The van der Waals surface area contributed by atoms with Crippen molar-refractivity contribution >= 4 is 6.16 Å². The second-order valence-electron chi connectivity index (χ2n) is 7.40. The van der Waals surface area contributed by atoms with Crippen LogP contribution in [-0.4, -0.2) is 11.3 Å². The minimum Gasteiger partial charge on any atom is -0.449 e. The van der Waals surface area contributed by atoms with Gasteiger partial charge in [-0.25, -0.2) is 4.79 Å². The summed E-state index contributed by atoms with van der Waals surface area (Å²) >= 11 is 0. The number of hydrogen-bond donors (Lipinski definition) is 1. The fourth-order valence-corrected chi connectivity index (χ4v) is 3.75. The number of hydrogen-bond acceptors (Lipinski definition) is 2. The lowest BCUT2D eigenvalue weighted by Crippen LogP contribution is -2.09. The Bertz CT molecular complexity index is 764. The van der Waals surface area contributed by atoms with Crippen LogP contribution in [0.15, 0.2) is 36.4 Å². The summed E-state index contributed by atoms with van der Waals surface area (Å²) in [6.45, 7) is 6.57. The van der Waals surface area contributed by atoms with E-state index in [0.29, 0.717) is 5.75 Å². The number of aryl methyl sites for hydroxylation is 1. The number of carbonyl (C=O) groups is 1. The molecule has 3 heteroatoms. The summed E-state index contributed by atoms with van der Waals surface area (Å²) in [5.41, 5.74) is 6.22. The average Bonchev–Trinajstić information content (AvgIpc) is 2.69. The van der Waals surface area contributed by atoms with Crippen molar-refractivity contribution in [2.24, 2.45) is 0 Å². The molecule has 3 nitrogen and oxygen atoms in total. The quantitative estimate of drug-likeness (QED) is 0.324. The molecule has 0 fully saturated rings. The van der Waals surface area contributed by atoms with Crippen LogP contribution in [0.25, 0.3) is 11.1 Å². The van der Waals surface area contributed by atoms with Crippen molar-refractivity contribution in [2.45, 2.75) is 78.6 Å².